The third-order valence-electron chi connectivity index (χ3n) is 3.90. The molecule has 0 aliphatic rings. The number of methoxy groups -OCH3 is 1. The molecular formula is C19H20N4O3S. The molecule has 0 fully saturated rings. The number of hydrogen-bond acceptors (Lipinski definition) is 5. The summed E-state index contributed by atoms with van der Waals surface area (Å²) in [5.41, 5.74) is 1.69. The van der Waals surface area contributed by atoms with Gasteiger partial charge in [-0.1, -0.05) is 0 Å². The van der Waals surface area contributed by atoms with Gasteiger partial charge in [0.2, 0.25) is 5.91 Å². The van der Waals surface area contributed by atoms with E-state index in [0.29, 0.717) is 11.4 Å². The van der Waals surface area contributed by atoms with Crippen LogP contribution in [0.3, 0.4) is 0 Å². The number of rotatable bonds is 6. The van der Waals surface area contributed by atoms with Crippen LogP contribution in [0.15, 0.2) is 42.5 Å². The maximum absolute atomic E-state index is 12.5. The van der Waals surface area contributed by atoms with Crippen LogP contribution in [0.4, 0.5) is 5.69 Å². The highest BCUT2D eigenvalue weighted by Crippen LogP contribution is 2.26. The van der Waals surface area contributed by atoms with E-state index in [9.17, 15) is 9.59 Å². The lowest BCUT2D eigenvalue weighted by atomic mass is 10.3. The predicted octanol–water partition coefficient (Wildman–Crippen LogP) is 3.17. The number of hydrogen-bond donors (Lipinski definition) is 2. The fourth-order valence-electron chi connectivity index (χ4n) is 2.49. The van der Waals surface area contributed by atoms with Crippen LogP contribution in [0.25, 0.3) is 10.6 Å². The van der Waals surface area contributed by atoms with E-state index in [0.717, 1.165) is 10.6 Å². The zero-order chi connectivity index (χ0) is 19.4. The van der Waals surface area contributed by atoms with Crippen LogP contribution in [-0.4, -0.2) is 47.6 Å². The summed E-state index contributed by atoms with van der Waals surface area (Å²) in [4.78, 5) is 28.2. The minimum absolute atomic E-state index is 0.0782. The minimum Gasteiger partial charge on any atom is -0.497 e. The molecule has 0 spiro atoms. The van der Waals surface area contributed by atoms with Crippen molar-refractivity contribution in [2.75, 3.05) is 26.0 Å². The van der Waals surface area contributed by atoms with Gasteiger partial charge < -0.3 is 15.0 Å². The van der Waals surface area contributed by atoms with Gasteiger partial charge in [-0.2, -0.15) is 5.10 Å². The normalized spacial score (nSPS) is 10.5. The SMILES string of the molecule is COc1ccc(NC(=O)CN(C)C(=O)c2cc(-c3ccc(C)s3)[nH]n2)cc1. The maximum atomic E-state index is 12.5. The van der Waals surface area contributed by atoms with E-state index in [-0.39, 0.29) is 24.1 Å². The molecule has 7 nitrogen and oxygen atoms in total. The lowest BCUT2D eigenvalue weighted by molar-refractivity contribution is -0.116. The molecule has 27 heavy (non-hydrogen) atoms. The summed E-state index contributed by atoms with van der Waals surface area (Å²) < 4.78 is 5.08. The van der Waals surface area contributed by atoms with Crippen molar-refractivity contribution in [3.05, 3.63) is 53.0 Å². The molecule has 0 saturated heterocycles. The van der Waals surface area contributed by atoms with Crippen LogP contribution in [-0.2, 0) is 4.79 Å². The number of aromatic amines is 1. The maximum Gasteiger partial charge on any atom is 0.274 e. The fraction of sp³-hybridized carbons (Fsp3) is 0.211. The van der Waals surface area contributed by atoms with Crippen molar-refractivity contribution >= 4 is 28.8 Å². The largest absolute Gasteiger partial charge is 0.497 e. The lowest BCUT2D eigenvalue weighted by Gasteiger charge is -2.15. The van der Waals surface area contributed by atoms with Crippen molar-refractivity contribution in [3.8, 4) is 16.3 Å². The summed E-state index contributed by atoms with van der Waals surface area (Å²) in [5, 5.41) is 9.70. The number of nitrogens with zero attached hydrogens (tertiary/aromatic N) is 2. The van der Waals surface area contributed by atoms with Crippen molar-refractivity contribution in [2.45, 2.75) is 6.92 Å². The lowest BCUT2D eigenvalue weighted by Crippen LogP contribution is -2.35. The van der Waals surface area contributed by atoms with Crippen molar-refractivity contribution in [2.24, 2.45) is 0 Å². The number of thiophene rings is 1. The smallest absolute Gasteiger partial charge is 0.274 e. The van der Waals surface area contributed by atoms with Crippen molar-refractivity contribution in [1.82, 2.24) is 15.1 Å². The summed E-state index contributed by atoms with van der Waals surface area (Å²) in [6.45, 7) is 1.94. The third-order valence-corrected chi connectivity index (χ3v) is 4.94. The average molecular weight is 384 g/mol. The van der Waals surface area contributed by atoms with E-state index in [2.05, 4.69) is 15.5 Å². The fourth-order valence-corrected chi connectivity index (χ4v) is 3.33. The number of aromatic nitrogens is 2. The molecule has 0 unspecified atom stereocenters. The highest BCUT2D eigenvalue weighted by atomic mass is 32.1. The summed E-state index contributed by atoms with van der Waals surface area (Å²) in [6, 6.07) is 12.7. The quantitative estimate of drug-likeness (QED) is 0.683. The van der Waals surface area contributed by atoms with E-state index in [1.807, 2.05) is 19.1 Å². The van der Waals surface area contributed by atoms with Gasteiger partial charge in [-0.15, -0.1) is 11.3 Å². The molecule has 2 amide bonds. The van der Waals surface area contributed by atoms with Crippen molar-refractivity contribution in [1.29, 1.82) is 0 Å². The van der Waals surface area contributed by atoms with E-state index >= 15 is 0 Å². The number of anilines is 1. The third kappa shape index (κ3) is 4.53. The first kappa shape index (κ1) is 18.7. The molecule has 3 rings (SSSR count). The van der Waals surface area contributed by atoms with Gasteiger partial charge in [-0.3, -0.25) is 14.7 Å². The topological polar surface area (TPSA) is 87.3 Å². The van der Waals surface area contributed by atoms with Gasteiger partial charge in [0, 0.05) is 17.6 Å². The Morgan fingerprint density at radius 3 is 2.59 bits per heavy atom. The standard InChI is InChI=1S/C19H20N4O3S/c1-12-4-9-17(27-12)15-10-16(22-21-15)19(25)23(2)11-18(24)20-13-5-7-14(26-3)8-6-13/h4-10H,11H2,1-3H3,(H,20,24)(H,21,22). The molecule has 8 heteroatoms. The molecule has 3 aromatic rings. The monoisotopic (exact) mass is 384 g/mol. The Balaban J connectivity index is 1.59. The van der Waals surface area contributed by atoms with Gasteiger partial charge in [0.05, 0.1) is 24.2 Å². The van der Waals surface area contributed by atoms with Gasteiger partial charge >= 0.3 is 0 Å². The molecule has 0 aliphatic carbocycles. The highest BCUT2D eigenvalue weighted by molar-refractivity contribution is 7.15. The Labute approximate surface area is 161 Å². The summed E-state index contributed by atoms with van der Waals surface area (Å²) in [6.07, 6.45) is 0. The molecular weight excluding hydrogens is 364 g/mol. The first-order valence-electron chi connectivity index (χ1n) is 8.28. The Morgan fingerprint density at radius 2 is 1.96 bits per heavy atom. The number of H-pyrrole nitrogens is 1. The highest BCUT2D eigenvalue weighted by Gasteiger charge is 2.18. The Morgan fingerprint density at radius 1 is 1.22 bits per heavy atom. The number of benzene rings is 1. The van der Waals surface area contributed by atoms with Crippen LogP contribution in [0, 0.1) is 6.92 Å². The van der Waals surface area contributed by atoms with Gasteiger partial charge in [-0.25, -0.2) is 0 Å². The average Bonchev–Trinajstić information content (AvgIpc) is 3.30. The van der Waals surface area contributed by atoms with Crippen LogP contribution in [0.1, 0.15) is 15.4 Å². The summed E-state index contributed by atoms with van der Waals surface area (Å²) in [7, 11) is 3.15. The Bertz CT molecular complexity index is 946. The number of aryl methyl sites for hydroxylation is 1. The number of likely N-dealkylation sites (N-methyl/N-ethyl adjacent to an activating group) is 1. The van der Waals surface area contributed by atoms with Gasteiger partial charge in [0.1, 0.15) is 5.75 Å². The van der Waals surface area contributed by atoms with Gasteiger partial charge in [-0.05, 0) is 49.4 Å². The number of carbonyl (C=O) groups is 2. The second-order valence-electron chi connectivity index (χ2n) is 6.02. The number of amides is 2. The van der Waals surface area contributed by atoms with Crippen LogP contribution in [0.2, 0.25) is 0 Å². The van der Waals surface area contributed by atoms with Crippen LogP contribution in [0.5, 0.6) is 5.75 Å². The van der Waals surface area contributed by atoms with E-state index in [1.165, 1.54) is 9.78 Å². The van der Waals surface area contributed by atoms with Gasteiger partial charge in [0.25, 0.3) is 5.91 Å². The molecule has 2 heterocycles. The number of carbonyl (C=O) groups excluding carboxylic acids is 2. The second-order valence-corrected chi connectivity index (χ2v) is 7.30. The molecule has 0 saturated carbocycles. The molecule has 140 valence electrons. The molecule has 0 bridgehead atoms. The van der Waals surface area contributed by atoms with Gasteiger partial charge in [0.15, 0.2) is 5.69 Å². The van der Waals surface area contributed by atoms with Crippen molar-refractivity contribution < 1.29 is 14.3 Å². The van der Waals surface area contributed by atoms with Crippen LogP contribution >= 0.6 is 11.3 Å². The molecule has 1 aromatic carbocycles. The first-order chi connectivity index (χ1) is 13.0. The van der Waals surface area contributed by atoms with Crippen LogP contribution < -0.4 is 10.1 Å². The predicted molar refractivity (Wildman–Crippen MR) is 105 cm³/mol. The molecule has 2 aromatic heterocycles. The second kappa shape index (κ2) is 8.05. The zero-order valence-corrected chi connectivity index (χ0v) is 16.1. The molecule has 0 atom stereocenters. The number of nitrogens with one attached hydrogen (secondary N) is 2. The summed E-state index contributed by atoms with van der Waals surface area (Å²) in [5.74, 6) is 0.0897. The Kier molecular flexibility index (Phi) is 5.56. The van der Waals surface area contributed by atoms with E-state index in [1.54, 1.807) is 55.8 Å². The summed E-state index contributed by atoms with van der Waals surface area (Å²) >= 11 is 1.62. The minimum atomic E-state index is -0.323. The Hall–Kier alpha value is -3.13. The van der Waals surface area contributed by atoms with E-state index in [4.69, 9.17) is 4.74 Å². The number of ether oxygens (including phenoxy) is 1. The molecule has 2 N–H and O–H groups in total. The molecule has 0 aliphatic heterocycles. The first-order valence-corrected chi connectivity index (χ1v) is 9.09. The molecule has 0 radical (unpaired) electrons. The van der Waals surface area contributed by atoms with Crippen molar-refractivity contribution in [3.63, 3.8) is 0 Å². The van der Waals surface area contributed by atoms with E-state index < -0.39 is 0 Å². The zero-order valence-electron chi connectivity index (χ0n) is 15.3.